The van der Waals surface area contributed by atoms with Gasteiger partial charge in [-0.05, 0) is 49.1 Å². The van der Waals surface area contributed by atoms with Crippen LogP contribution in [0.2, 0.25) is 0 Å². The molecule has 0 saturated carbocycles. The van der Waals surface area contributed by atoms with Crippen LogP contribution < -0.4 is 14.8 Å². The molecule has 1 aliphatic heterocycles. The van der Waals surface area contributed by atoms with E-state index in [9.17, 15) is 9.59 Å². The SMILES string of the molecule is CCOc1cc2c(cc1OCC)CN(C(=O)C[C@@H](NC(C)=O)c1ccccc1)CC2. The normalized spacial score (nSPS) is 13.9. The van der Waals surface area contributed by atoms with Gasteiger partial charge in [0.1, 0.15) is 0 Å². The van der Waals surface area contributed by atoms with Crippen LogP contribution in [0.25, 0.3) is 0 Å². The quantitative estimate of drug-likeness (QED) is 0.722. The Hall–Kier alpha value is -3.02. The predicted molar refractivity (Wildman–Crippen MR) is 116 cm³/mol. The molecule has 2 aromatic rings. The zero-order valence-corrected chi connectivity index (χ0v) is 17.9. The van der Waals surface area contributed by atoms with Gasteiger partial charge in [-0.1, -0.05) is 30.3 Å². The summed E-state index contributed by atoms with van der Waals surface area (Å²) in [7, 11) is 0. The molecule has 1 N–H and O–H groups in total. The van der Waals surface area contributed by atoms with E-state index in [4.69, 9.17) is 9.47 Å². The monoisotopic (exact) mass is 410 g/mol. The maximum Gasteiger partial charge on any atom is 0.225 e. The fraction of sp³-hybridized carbons (Fsp3) is 0.417. The van der Waals surface area contributed by atoms with Gasteiger partial charge in [0.15, 0.2) is 11.5 Å². The smallest absolute Gasteiger partial charge is 0.225 e. The molecule has 0 aliphatic carbocycles. The average molecular weight is 411 g/mol. The molecule has 1 heterocycles. The van der Waals surface area contributed by atoms with E-state index in [1.54, 1.807) is 0 Å². The Kier molecular flexibility index (Phi) is 7.33. The molecule has 3 rings (SSSR count). The number of hydrogen-bond acceptors (Lipinski definition) is 4. The molecule has 0 fully saturated rings. The topological polar surface area (TPSA) is 67.9 Å². The average Bonchev–Trinajstić information content (AvgIpc) is 2.74. The van der Waals surface area contributed by atoms with Crippen LogP contribution in [0.15, 0.2) is 42.5 Å². The third-order valence-electron chi connectivity index (χ3n) is 5.19. The fourth-order valence-electron chi connectivity index (χ4n) is 3.80. The van der Waals surface area contributed by atoms with Crippen LogP contribution in [-0.2, 0) is 22.6 Å². The summed E-state index contributed by atoms with van der Waals surface area (Å²) in [6, 6.07) is 13.3. The molecule has 0 unspecified atom stereocenters. The molecule has 2 aromatic carbocycles. The highest BCUT2D eigenvalue weighted by Gasteiger charge is 2.26. The predicted octanol–water partition coefficient (Wildman–Crippen LogP) is 3.64. The number of amides is 2. The minimum absolute atomic E-state index is 0.0232. The number of hydrogen-bond donors (Lipinski definition) is 1. The maximum atomic E-state index is 13.1. The Morgan fingerprint density at radius 3 is 2.27 bits per heavy atom. The van der Waals surface area contributed by atoms with Gasteiger partial charge in [-0.3, -0.25) is 9.59 Å². The van der Waals surface area contributed by atoms with Crippen molar-refractivity contribution in [2.45, 2.75) is 46.2 Å². The number of nitrogens with one attached hydrogen (secondary N) is 1. The van der Waals surface area contributed by atoms with Gasteiger partial charge >= 0.3 is 0 Å². The summed E-state index contributed by atoms with van der Waals surface area (Å²) in [6.07, 6.45) is 0.998. The van der Waals surface area contributed by atoms with Crippen molar-refractivity contribution in [1.82, 2.24) is 10.2 Å². The van der Waals surface area contributed by atoms with Gasteiger partial charge in [-0.2, -0.15) is 0 Å². The second kappa shape index (κ2) is 10.1. The molecule has 30 heavy (non-hydrogen) atoms. The van der Waals surface area contributed by atoms with Crippen molar-refractivity contribution in [2.24, 2.45) is 0 Å². The Bertz CT molecular complexity index is 882. The molecule has 0 radical (unpaired) electrons. The summed E-state index contributed by atoms with van der Waals surface area (Å²) in [5.41, 5.74) is 3.20. The summed E-state index contributed by atoms with van der Waals surface area (Å²) in [5, 5.41) is 2.91. The summed E-state index contributed by atoms with van der Waals surface area (Å²) in [6.45, 7) is 7.67. The lowest BCUT2D eigenvalue weighted by atomic mass is 9.97. The van der Waals surface area contributed by atoms with Crippen molar-refractivity contribution in [3.8, 4) is 11.5 Å². The van der Waals surface area contributed by atoms with Crippen molar-refractivity contribution in [3.05, 3.63) is 59.2 Å². The lowest BCUT2D eigenvalue weighted by Gasteiger charge is -2.31. The van der Waals surface area contributed by atoms with Crippen molar-refractivity contribution in [1.29, 1.82) is 0 Å². The molecule has 1 atom stereocenters. The summed E-state index contributed by atoms with van der Waals surface area (Å²) < 4.78 is 11.5. The standard InChI is InChI=1S/C24H30N2O4/c1-4-29-22-13-19-11-12-26(16-20(19)14-23(22)30-5-2)24(28)15-21(25-17(3)27)18-9-7-6-8-10-18/h6-10,13-14,21H,4-5,11-12,15-16H2,1-3H3,(H,25,27)/t21-/m1/s1. The Balaban J connectivity index is 1.75. The largest absolute Gasteiger partial charge is 0.490 e. The van der Waals surface area contributed by atoms with E-state index >= 15 is 0 Å². The van der Waals surface area contributed by atoms with E-state index in [2.05, 4.69) is 5.32 Å². The molecule has 160 valence electrons. The first-order chi connectivity index (χ1) is 14.5. The van der Waals surface area contributed by atoms with Crippen molar-refractivity contribution in [2.75, 3.05) is 19.8 Å². The highest BCUT2D eigenvalue weighted by molar-refractivity contribution is 5.79. The number of ether oxygens (including phenoxy) is 2. The molecule has 6 nitrogen and oxygen atoms in total. The van der Waals surface area contributed by atoms with Gasteiger partial charge in [0.2, 0.25) is 11.8 Å². The molecule has 0 bridgehead atoms. The van der Waals surface area contributed by atoms with Crippen LogP contribution in [0.1, 0.15) is 49.9 Å². The number of benzene rings is 2. The third-order valence-corrected chi connectivity index (χ3v) is 5.19. The second-order valence-corrected chi connectivity index (χ2v) is 7.37. The maximum absolute atomic E-state index is 13.1. The number of fused-ring (bicyclic) bond motifs is 1. The van der Waals surface area contributed by atoms with Crippen LogP contribution in [0.5, 0.6) is 11.5 Å². The summed E-state index contributed by atoms with van der Waals surface area (Å²) in [5.74, 6) is 1.35. The highest BCUT2D eigenvalue weighted by atomic mass is 16.5. The molecule has 2 amide bonds. The summed E-state index contributed by atoms with van der Waals surface area (Å²) >= 11 is 0. The molecular formula is C24H30N2O4. The first kappa shape index (κ1) is 21.7. The Morgan fingerprint density at radius 1 is 1.03 bits per heavy atom. The molecule has 0 spiro atoms. The molecule has 0 aromatic heterocycles. The van der Waals surface area contributed by atoms with E-state index in [1.807, 2.05) is 61.2 Å². The van der Waals surface area contributed by atoms with Crippen molar-refractivity contribution in [3.63, 3.8) is 0 Å². The molecule has 1 aliphatic rings. The molecular weight excluding hydrogens is 380 g/mol. The minimum Gasteiger partial charge on any atom is -0.490 e. The minimum atomic E-state index is -0.336. The second-order valence-electron chi connectivity index (χ2n) is 7.37. The zero-order valence-electron chi connectivity index (χ0n) is 17.9. The van der Waals surface area contributed by atoms with Crippen molar-refractivity contribution < 1.29 is 19.1 Å². The summed E-state index contributed by atoms with van der Waals surface area (Å²) in [4.78, 5) is 26.6. The molecule has 6 heteroatoms. The number of carbonyl (C=O) groups excluding carboxylic acids is 2. The first-order valence-corrected chi connectivity index (χ1v) is 10.5. The lowest BCUT2D eigenvalue weighted by Crippen LogP contribution is -2.39. The van der Waals surface area contributed by atoms with E-state index in [1.165, 1.54) is 12.5 Å². The van der Waals surface area contributed by atoms with Gasteiger partial charge in [0, 0.05) is 20.0 Å². The van der Waals surface area contributed by atoms with E-state index in [0.29, 0.717) is 32.1 Å². The van der Waals surface area contributed by atoms with Gasteiger partial charge < -0.3 is 19.7 Å². The van der Waals surface area contributed by atoms with Crippen LogP contribution in [0, 0.1) is 0 Å². The van der Waals surface area contributed by atoms with Gasteiger partial charge in [0.25, 0.3) is 0 Å². The first-order valence-electron chi connectivity index (χ1n) is 10.5. The number of rotatable bonds is 8. The lowest BCUT2D eigenvalue weighted by molar-refractivity contribution is -0.133. The van der Waals surface area contributed by atoms with Crippen LogP contribution in [0.4, 0.5) is 0 Å². The van der Waals surface area contributed by atoms with E-state index < -0.39 is 0 Å². The number of carbonyl (C=O) groups is 2. The zero-order chi connectivity index (χ0) is 21.5. The van der Waals surface area contributed by atoms with Gasteiger partial charge in [0.05, 0.1) is 25.7 Å². The Morgan fingerprint density at radius 2 is 1.67 bits per heavy atom. The van der Waals surface area contributed by atoms with Crippen LogP contribution in [-0.4, -0.2) is 36.5 Å². The fourth-order valence-corrected chi connectivity index (χ4v) is 3.80. The van der Waals surface area contributed by atoms with Gasteiger partial charge in [-0.25, -0.2) is 0 Å². The number of nitrogens with zero attached hydrogens (tertiary/aromatic N) is 1. The van der Waals surface area contributed by atoms with Crippen LogP contribution in [0.3, 0.4) is 0 Å². The van der Waals surface area contributed by atoms with E-state index in [0.717, 1.165) is 23.3 Å². The van der Waals surface area contributed by atoms with Gasteiger partial charge in [-0.15, -0.1) is 0 Å². The third kappa shape index (κ3) is 5.32. The van der Waals surface area contributed by atoms with Crippen molar-refractivity contribution >= 4 is 11.8 Å². The van der Waals surface area contributed by atoms with E-state index in [-0.39, 0.29) is 24.3 Å². The highest BCUT2D eigenvalue weighted by Crippen LogP contribution is 2.34. The Labute approximate surface area is 178 Å². The molecule has 0 saturated heterocycles. The van der Waals surface area contributed by atoms with Crippen LogP contribution >= 0.6 is 0 Å².